The molecule has 29 heavy (non-hydrogen) atoms. The number of sulfone groups is 1. The van der Waals surface area contributed by atoms with Crippen molar-refractivity contribution in [1.82, 2.24) is 4.98 Å². The number of rotatable bonds is 5. The minimum absolute atomic E-state index is 0.111. The first kappa shape index (κ1) is 19.7. The molecular weight excluding hydrogens is 412 g/mol. The highest BCUT2D eigenvalue weighted by Gasteiger charge is 2.52. The lowest BCUT2D eigenvalue weighted by atomic mass is 10.1. The standard InChI is InChI=1S/C21H19ClN2O4S/c22-16-5-9-18(10-6-16)29(26,27)21(11-1-2-12-21)20(25)24-17-7-3-15(4-8-17)19-13-23-14-28-19/h3-10,13-14H,1-2,11-12H2,(H,24,25). The normalized spacial score (nSPS) is 15.9. The Morgan fingerprint density at radius 3 is 2.28 bits per heavy atom. The number of oxazole rings is 1. The molecule has 0 radical (unpaired) electrons. The Morgan fingerprint density at radius 2 is 1.69 bits per heavy atom. The van der Waals surface area contributed by atoms with Gasteiger partial charge in [-0.1, -0.05) is 24.4 Å². The van der Waals surface area contributed by atoms with Gasteiger partial charge in [0, 0.05) is 16.3 Å². The Kier molecular flexibility index (Phi) is 5.19. The molecule has 3 aromatic rings. The van der Waals surface area contributed by atoms with Crippen molar-refractivity contribution in [1.29, 1.82) is 0 Å². The predicted molar refractivity (Wildman–Crippen MR) is 110 cm³/mol. The van der Waals surface area contributed by atoms with Crippen LogP contribution in [0.4, 0.5) is 5.69 Å². The molecule has 1 heterocycles. The number of carbonyl (C=O) groups excluding carboxylic acids is 1. The van der Waals surface area contributed by atoms with Crippen LogP contribution in [-0.4, -0.2) is 24.1 Å². The van der Waals surface area contributed by atoms with E-state index in [9.17, 15) is 13.2 Å². The second kappa shape index (κ2) is 7.65. The van der Waals surface area contributed by atoms with E-state index >= 15 is 0 Å². The molecule has 1 saturated carbocycles. The Hall–Kier alpha value is -2.64. The number of hydrogen-bond acceptors (Lipinski definition) is 5. The maximum absolute atomic E-state index is 13.4. The molecule has 2 aromatic carbocycles. The third-order valence-electron chi connectivity index (χ3n) is 5.32. The van der Waals surface area contributed by atoms with Crippen LogP contribution in [-0.2, 0) is 14.6 Å². The SMILES string of the molecule is O=C(Nc1ccc(-c2cnco2)cc1)C1(S(=O)(=O)c2ccc(Cl)cc2)CCCC1. The number of benzene rings is 2. The number of halogens is 1. The summed E-state index contributed by atoms with van der Waals surface area (Å²) in [5.41, 5.74) is 1.33. The fraction of sp³-hybridized carbons (Fsp3) is 0.238. The first-order valence-electron chi connectivity index (χ1n) is 9.23. The Bertz CT molecular complexity index is 1100. The van der Waals surface area contributed by atoms with Gasteiger partial charge in [0.05, 0.1) is 11.1 Å². The smallest absolute Gasteiger partial charge is 0.246 e. The maximum Gasteiger partial charge on any atom is 0.246 e. The summed E-state index contributed by atoms with van der Waals surface area (Å²) in [6.45, 7) is 0. The first-order chi connectivity index (χ1) is 13.9. The molecule has 1 aromatic heterocycles. The minimum Gasteiger partial charge on any atom is -0.444 e. The Balaban J connectivity index is 1.61. The van der Waals surface area contributed by atoms with E-state index in [1.807, 2.05) is 0 Å². The monoisotopic (exact) mass is 430 g/mol. The largest absolute Gasteiger partial charge is 0.444 e. The maximum atomic E-state index is 13.4. The van der Waals surface area contributed by atoms with Crippen molar-refractivity contribution >= 4 is 33.0 Å². The Morgan fingerprint density at radius 1 is 1.03 bits per heavy atom. The molecule has 1 aliphatic carbocycles. The van der Waals surface area contributed by atoms with E-state index in [-0.39, 0.29) is 4.90 Å². The van der Waals surface area contributed by atoms with Gasteiger partial charge in [0.2, 0.25) is 5.91 Å². The van der Waals surface area contributed by atoms with Crippen LogP contribution in [0, 0.1) is 0 Å². The quantitative estimate of drug-likeness (QED) is 0.632. The van der Waals surface area contributed by atoms with Crippen LogP contribution in [0.3, 0.4) is 0 Å². The lowest BCUT2D eigenvalue weighted by molar-refractivity contribution is -0.118. The third-order valence-corrected chi connectivity index (χ3v) is 8.09. The zero-order chi connectivity index (χ0) is 20.5. The van der Waals surface area contributed by atoms with Gasteiger partial charge in [-0.15, -0.1) is 0 Å². The second-order valence-corrected chi connectivity index (χ2v) is 9.75. The van der Waals surface area contributed by atoms with Crippen LogP contribution in [0.15, 0.2) is 70.4 Å². The van der Waals surface area contributed by atoms with E-state index in [1.54, 1.807) is 30.5 Å². The van der Waals surface area contributed by atoms with Crippen molar-refractivity contribution in [2.24, 2.45) is 0 Å². The molecule has 8 heteroatoms. The average Bonchev–Trinajstić information content (AvgIpc) is 3.42. The van der Waals surface area contributed by atoms with Gasteiger partial charge in [-0.05, 0) is 61.4 Å². The van der Waals surface area contributed by atoms with E-state index in [0.717, 1.165) is 5.56 Å². The van der Waals surface area contributed by atoms with Crippen molar-refractivity contribution in [2.75, 3.05) is 5.32 Å². The minimum atomic E-state index is -3.87. The molecule has 150 valence electrons. The molecule has 1 fully saturated rings. The fourth-order valence-electron chi connectivity index (χ4n) is 3.72. The molecular formula is C21H19ClN2O4S. The summed E-state index contributed by atoms with van der Waals surface area (Å²) in [7, 11) is -3.87. The van der Waals surface area contributed by atoms with E-state index in [1.165, 1.54) is 30.7 Å². The molecule has 0 aliphatic heterocycles. The number of carbonyl (C=O) groups is 1. The molecule has 0 unspecified atom stereocenters. The highest BCUT2D eigenvalue weighted by molar-refractivity contribution is 7.93. The van der Waals surface area contributed by atoms with Crippen molar-refractivity contribution < 1.29 is 17.6 Å². The van der Waals surface area contributed by atoms with Gasteiger partial charge < -0.3 is 9.73 Å². The fourth-order valence-corrected chi connectivity index (χ4v) is 5.92. The predicted octanol–water partition coefficient (Wildman–Crippen LogP) is 4.72. The number of nitrogens with one attached hydrogen (secondary N) is 1. The lowest BCUT2D eigenvalue weighted by Crippen LogP contribution is -2.47. The van der Waals surface area contributed by atoms with Gasteiger partial charge in [0.15, 0.2) is 26.7 Å². The van der Waals surface area contributed by atoms with Gasteiger partial charge in [0.1, 0.15) is 0 Å². The zero-order valence-corrected chi connectivity index (χ0v) is 17.0. The van der Waals surface area contributed by atoms with Gasteiger partial charge in [-0.3, -0.25) is 4.79 Å². The van der Waals surface area contributed by atoms with Crippen LogP contribution in [0.5, 0.6) is 0 Å². The van der Waals surface area contributed by atoms with E-state index in [2.05, 4.69) is 10.3 Å². The average molecular weight is 431 g/mol. The highest BCUT2D eigenvalue weighted by Crippen LogP contribution is 2.41. The number of aromatic nitrogens is 1. The molecule has 1 amide bonds. The third kappa shape index (κ3) is 3.56. The highest BCUT2D eigenvalue weighted by atomic mass is 35.5. The summed E-state index contributed by atoms with van der Waals surface area (Å²) in [4.78, 5) is 17.2. The van der Waals surface area contributed by atoms with Crippen molar-refractivity contribution in [2.45, 2.75) is 35.3 Å². The van der Waals surface area contributed by atoms with E-state index < -0.39 is 20.5 Å². The van der Waals surface area contributed by atoms with Gasteiger partial charge >= 0.3 is 0 Å². The van der Waals surface area contributed by atoms with Crippen molar-refractivity contribution in [3.05, 3.63) is 66.1 Å². The van der Waals surface area contributed by atoms with Crippen molar-refractivity contribution in [3.8, 4) is 11.3 Å². The molecule has 0 saturated heterocycles. The summed E-state index contributed by atoms with van der Waals surface area (Å²) >= 11 is 5.89. The van der Waals surface area contributed by atoms with Gasteiger partial charge in [-0.2, -0.15) is 0 Å². The number of nitrogens with zero attached hydrogens (tertiary/aromatic N) is 1. The molecule has 0 bridgehead atoms. The van der Waals surface area contributed by atoms with Crippen LogP contribution >= 0.6 is 11.6 Å². The molecule has 1 aliphatic rings. The summed E-state index contributed by atoms with van der Waals surface area (Å²) in [5, 5.41) is 3.24. The zero-order valence-electron chi connectivity index (χ0n) is 15.5. The summed E-state index contributed by atoms with van der Waals surface area (Å²) < 4.78 is 30.5. The van der Waals surface area contributed by atoms with Gasteiger partial charge in [-0.25, -0.2) is 13.4 Å². The van der Waals surface area contributed by atoms with Crippen LogP contribution < -0.4 is 5.32 Å². The van der Waals surface area contributed by atoms with E-state index in [4.69, 9.17) is 16.0 Å². The van der Waals surface area contributed by atoms with Crippen LogP contribution in [0.25, 0.3) is 11.3 Å². The first-order valence-corrected chi connectivity index (χ1v) is 11.1. The summed E-state index contributed by atoms with van der Waals surface area (Å²) in [6.07, 6.45) is 4.89. The summed E-state index contributed by atoms with van der Waals surface area (Å²) in [5.74, 6) is 0.109. The number of amides is 1. The molecule has 1 N–H and O–H groups in total. The van der Waals surface area contributed by atoms with Crippen molar-refractivity contribution in [3.63, 3.8) is 0 Å². The van der Waals surface area contributed by atoms with Crippen LogP contribution in [0.1, 0.15) is 25.7 Å². The van der Waals surface area contributed by atoms with Gasteiger partial charge in [0.25, 0.3) is 0 Å². The topological polar surface area (TPSA) is 89.3 Å². The number of anilines is 1. The molecule has 0 atom stereocenters. The summed E-state index contributed by atoms with van der Waals surface area (Å²) in [6, 6.07) is 13.0. The van der Waals surface area contributed by atoms with Crippen LogP contribution in [0.2, 0.25) is 5.02 Å². The van der Waals surface area contributed by atoms with E-state index in [0.29, 0.717) is 42.2 Å². The molecule has 4 rings (SSSR count). The lowest BCUT2D eigenvalue weighted by Gasteiger charge is -2.27. The molecule has 6 nitrogen and oxygen atoms in total. The Labute approximate surface area is 173 Å². The second-order valence-electron chi connectivity index (χ2n) is 7.06. The molecule has 0 spiro atoms. The number of hydrogen-bond donors (Lipinski definition) is 1.